The normalized spacial score (nSPS) is 11.5. The van der Waals surface area contributed by atoms with E-state index in [0.717, 1.165) is 30.5 Å². The van der Waals surface area contributed by atoms with Crippen LogP contribution >= 0.6 is 0 Å². The summed E-state index contributed by atoms with van der Waals surface area (Å²) >= 11 is 0. The highest BCUT2D eigenvalue weighted by Crippen LogP contribution is 2.37. The quantitative estimate of drug-likeness (QED) is 0.180. The Morgan fingerprint density at radius 2 is 1.37 bits per heavy atom. The molecule has 0 unspecified atom stereocenters. The molecule has 0 fully saturated rings. The number of rotatable bonds is 5. The summed E-state index contributed by atoms with van der Waals surface area (Å²) in [6, 6.07) is 21.0. The standard InChI is InChI=1S/C32H25F3/c1-2-3-4-5-21-7-13-28-26(16-21)18-27-17-22(8-14-29(27)28)6-9-23-10-11-24(19-31(23)34)25-12-15-30(33)32(35)20-25/h7-8,10-17,19-20H,2-5,18H2,1H3. The van der Waals surface area contributed by atoms with Gasteiger partial charge in [0.2, 0.25) is 0 Å². The summed E-state index contributed by atoms with van der Waals surface area (Å²) in [6.07, 6.45) is 5.71. The summed E-state index contributed by atoms with van der Waals surface area (Å²) in [7, 11) is 0. The van der Waals surface area contributed by atoms with Crippen molar-refractivity contribution in [2.24, 2.45) is 0 Å². The van der Waals surface area contributed by atoms with Gasteiger partial charge in [-0.2, -0.15) is 0 Å². The molecule has 0 atom stereocenters. The Hall–Kier alpha value is -3.77. The minimum Gasteiger partial charge on any atom is -0.206 e. The van der Waals surface area contributed by atoms with Gasteiger partial charge in [0.15, 0.2) is 11.6 Å². The van der Waals surface area contributed by atoms with Crippen molar-refractivity contribution in [1.29, 1.82) is 0 Å². The van der Waals surface area contributed by atoms with E-state index in [9.17, 15) is 13.2 Å². The Morgan fingerprint density at radius 1 is 0.657 bits per heavy atom. The predicted octanol–water partition coefficient (Wildman–Crippen LogP) is 8.47. The molecule has 0 amide bonds. The van der Waals surface area contributed by atoms with E-state index < -0.39 is 17.5 Å². The van der Waals surface area contributed by atoms with E-state index in [1.165, 1.54) is 59.2 Å². The van der Waals surface area contributed by atoms with Crippen molar-refractivity contribution in [3.63, 3.8) is 0 Å². The smallest absolute Gasteiger partial charge is 0.159 e. The first-order chi connectivity index (χ1) is 17.0. The first kappa shape index (κ1) is 23.0. The molecule has 0 nitrogen and oxygen atoms in total. The van der Waals surface area contributed by atoms with Gasteiger partial charge < -0.3 is 0 Å². The van der Waals surface area contributed by atoms with Gasteiger partial charge in [0, 0.05) is 5.56 Å². The number of fused-ring (bicyclic) bond motifs is 3. The second-order valence-corrected chi connectivity index (χ2v) is 9.07. The van der Waals surface area contributed by atoms with Gasteiger partial charge in [0.25, 0.3) is 0 Å². The minimum absolute atomic E-state index is 0.261. The molecule has 3 heteroatoms. The Balaban J connectivity index is 1.34. The van der Waals surface area contributed by atoms with Crippen LogP contribution in [-0.4, -0.2) is 0 Å². The monoisotopic (exact) mass is 466 g/mol. The van der Waals surface area contributed by atoms with Gasteiger partial charge in [0.05, 0.1) is 5.56 Å². The maximum absolute atomic E-state index is 14.7. The first-order valence-electron chi connectivity index (χ1n) is 12.0. The van der Waals surface area contributed by atoms with Crippen LogP contribution < -0.4 is 0 Å². The van der Waals surface area contributed by atoms with E-state index in [-0.39, 0.29) is 5.56 Å². The summed E-state index contributed by atoms with van der Waals surface area (Å²) in [5.74, 6) is 3.61. The Bertz CT molecular complexity index is 1470. The molecule has 0 aromatic heterocycles. The number of hydrogen-bond donors (Lipinski definition) is 0. The van der Waals surface area contributed by atoms with Gasteiger partial charge >= 0.3 is 0 Å². The van der Waals surface area contributed by atoms with Crippen LogP contribution in [0.3, 0.4) is 0 Å². The van der Waals surface area contributed by atoms with Gasteiger partial charge in [0.1, 0.15) is 5.82 Å². The summed E-state index contributed by atoms with van der Waals surface area (Å²) in [4.78, 5) is 0. The number of halogens is 3. The number of aryl methyl sites for hydroxylation is 1. The fraction of sp³-hybridized carbons (Fsp3) is 0.188. The summed E-state index contributed by atoms with van der Waals surface area (Å²) in [5, 5.41) is 0. The van der Waals surface area contributed by atoms with Gasteiger partial charge in [-0.25, -0.2) is 13.2 Å². The second-order valence-electron chi connectivity index (χ2n) is 9.07. The zero-order chi connectivity index (χ0) is 24.4. The molecule has 0 radical (unpaired) electrons. The van der Waals surface area contributed by atoms with Gasteiger partial charge in [-0.15, -0.1) is 0 Å². The Labute approximate surface area is 204 Å². The number of hydrogen-bond acceptors (Lipinski definition) is 0. The van der Waals surface area contributed by atoms with Crippen molar-refractivity contribution in [1.82, 2.24) is 0 Å². The third-order valence-corrected chi connectivity index (χ3v) is 6.58. The maximum atomic E-state index is 14.7. The highest BCUT2D eigenvalue weighted by molar-refractivity contribution is 5.78. The summed E-state index contributed by atoms with van der Waals surface area (Å²) < 4.78 is 41.4. The molecule has 1 aliphatic carbocycles. The average Bonchev–Trinajstić information content (AvgIpc) is 3.22. The van der Waals surface area contributed by atoms with Gasteiger partial charge in [-0.3, -0.25) is 0 Å². The molecule has 0 bridgehead atoms. The third kappa shape index (κ3) is 4.88. The van der Waals surface area contributed by atoms with Crippen LogP contribution in [0, 0.1) is 29.3 Å². The predicted molar refractivity (Wildman–Crippen MR) is 136 cm³/mol. The van der Waals surface area contributed by atoms with Crippen molar-refractivity contribution in [3.8, 4) is 34.1 Å². The van der Waals surface area contributed by atoms with Crippen LogP contribution in [0.5, 0.6) is 0 Å². The SMILES string of the molecule is CCCCCc1ccc2c(c1)Cc1cc(C#Cc3ccc(-c4ccc(F)c(F)c4)cc3F)ccc1-2. The van der Waals surface area contributed by atoms with Gasteiger partial charge in [-0.05, 0) is 94.6 Å². The Morgan fingerprint density at radius 3 is 2.11 bits per heavy atom. The van der Waals surface area contributed by atoms with E-state index in [2.05, 4.69) is 49.1 Å². The molecule has 4 aromatic carbocycles. The van der Waals surface area contributed by atoms with Crippen LogP contribution in [0.15, 0.2) is 72.8 Å². The van der Waals surface area contributed by atoms with E-state index in [0.29, 0.717) is 11.1 Å². The fourth-order valence-electron chi connectivity index (χ4n) is 4.69. The lowest BCUT2D eigenvalue weighted by Crippen LogP contribution is -1.89. The van der Waals surface area contributed by atoms with Crippen molar-refractivity contribution in [2.75, 3.05) is 0 Å². The molecular formula is C32H25F3. The maximum Gasteiger partial charge on any atom is 0.159 e. The van der Waals surface area contributed by atoms with Crippen molar-refractivity contribution in [2.45, 2.75) is 39.0 Å². The number of benzene rings is 4. The van der Waals surface area contributed by atoms with E-state index in [1.54, 1.807) is 12.1 Å². The van der Waals surface area contributed by atoms with Crippen LogP contribution in [-0.2, 0) is 12.8 Å². The molecule has 0 heterocycles. The minimum atomic E-state index is -0.960. The molecule has 0 N–H and O–H groups in total. The molecule has 35 heavy (non-hydrogen) atoms. The first-order valence-corrected chi connectivity index (χ1v) is 12.0. The molecule has 0 spiro atoms. The lowest BCUT2D eigenvalue weighted by molar-refractivity contribution is 0.509. The molecule has 0 aliphatic heterocycles. The van der Waals surface area contributed by atoms with Crippen molar-refractivity contribution < 1.29 is 13.2 Å². The zero-order valence-electron chi connectivity index (χ0n) is 19.6. The highest BCUT2D eigenvalue weighted by atomic mass is 19.2. The van der Waals surface area contributed by atoms with Crippen molar-refractivity contribution >= 4 is 0 Å². The van der Waals surface area contributed by atoms with Crippen LogP contribution in [0.1, 0.15) is 54.0 Å². The van der Waals surface area contributed by atoms with E-state index in [1.807, 2.05) is 6.07 Å². The van der Waals surface area contributed by atoms with Crippen LogP contribution in [0.2, 0.25) is 0 Å². The molecule has 1 aliphatic rings. The molecule has 0 saturated carbocycles. The second kappa shape index (κ2) is 9.84. The Kier molecular flexibility index (Phi) is 6.47. The molecular weight excluding hydrogens is 441 g/mol. The molecule has 4 aromatic rings. The largest absolute Gasteiger partial charge is 0.206 e. The van der Waals surface area contributed by atoms with E-state index >= 15 is 0 Å². The molecule has 5 rings (SSSR count). The van der Waals surface area contributed by atoms with Crippen molar-refractivity contribution in [3.05, 3.63) is 118 Å². The highest BCUT2D eigenvalue weighted by Gasteiger charge is 2.18. The molecule has 0 saturated heterocycles. The lowest BCUT2D eigenvalue weighted by atomic mass is 10.00. The lowest BCUT2D eigenvalue weighted by Gasteiger charge is -2.05. The summed E-state index contributed by atoms with van der Waals surface area (Å²) in [5.41, 5.74) is 8.51. The zero-order valence-corrected chi connectivity index (χ0v) is 19.6. The summed E-state index contributed by atoms with van der Waals surface area (Å²) in [6.45, 7) is 2.22. The number of unbranched alkanes of at least 4 members (excludes halogenated alkanes) is 2. The van der Waals surface area contributed by atoms with E-state index in [4.69, 9.17) is 0 Å². The average molecular weight is 467 g/mol. The third-order valence-electron chi connectivity index (χ3n) is 6.58. The van der Waals surface area contributed by atoms with Crippen LogP contribution in [0.25, 0.3) is 22.3 Å². The topological polar surface area (TPSA) is 0 Å². The van der Waals surface area contributed by atoms with Crippen LogP contribution in [0.4, 0.5) is 13.2 Å². The fourth-order valence-corrected chi connectivity index (χ4v) is 4.69. The van der Waals surface area contributed by atoms with Gasteiger partial charge in [-0.1, -0.05) is 68.0 Å². The molecule has 174 valence electrons.